The van der Waals surface area contributed by atoms with Gasteiger partial charge < -0.3 is 9.72 Å². The van der Waals surface area contributed by atoms with E-state index in [4.69, 9.17) is 4.74 Å². The van der Waals surface area contributed by atoms with E-state index in [-0.39, 0.29) is 4.08 Å². The van der Waals surface area contributed by atoms with E-state index in [0.717, 1.165) is 11.4 Å². The van der Waals surface area contributed by atoms with E-state index in [1.54, 1.807) is 7.11 Å². The summed E-state index contributed by atoms with van der Waals surface area (Å²) in [4.78, 5) is 3.24. The van der Waals surface area contributed by atoms with Crippen LogP contribution in [0.3, 0.4) is 0 Å². The maximum absolute atomic E-state index is 5.27. The number of ether oxygens (including phenoxy) is 1. The second-order valence-electron chi connectivity index (χ2n) is 4.91. The van der Waals surface area contributed by atoms with Crippen molar-refractivity contribution in [2.24, 2.45) is 0 Å². The van der Waals surface area contributed by atoms with Crippen LogP contribution < -0.4 is 4.74 Å². The predicted octanol–water partition coefficient (Wildman–Crippen LogP) is 4.76. The van der Waals surface area contributed by atoms with E-state index in [1.165, 1.54) is 23.5 Å². The Kier molecular flexibility index (Phi) is 4.66. The van der Waals surface area contributed by atoms with Crippen molar-refractivity contribution >= 4 is 29.6 Å². The van der Waals surface area contributed by atoms with Crippen LogP contribution in [-0.2, 0) is 4.08 Å². The molecule has 0 radical (unpaired) electrons. The highest BCUT2D eigenvalue weighted by atomic mass is 32.2. The molecule has 1 saturated heterocycles. The second kappa shape index (κ2) is 6.67. The second-order valence-corrected chi connectivity index (χ2v) is 7.85. The molecular formula is C17H19NOS2. The van der Waals surface area contributed by atoms with Gasteiger partial charge in [0.15, 0.2) is 0 Å². The van der Waals surface area contributed by atoms with Crippen molar-refractivity contribution in [2.45, 2.75) is 10.5 Å². The fraction of sp³-hybridized carbons (Fsp3) is 0.294. The molecule has 1 aliphatic heterocycles. The van der Waals surface area contributed by atoms with Crippen molar-refractivity contribution in [1.82, 2.24) is 4.98 Å². The average Bonchev–Trinajstić information content (AvgIpc) is 3.07. The minimum atomic E-state index is 0.00955. The van der Waals surface area contributed by atoms with Crippen molar-refractivity contribution in [1.29, 1.82) is 0 Å². The van der Waals surface area contributed by atoms with Crippen molar-refractivity contribution in [3.63, 3.8) is 0 Å². The quantitative estimate of drug-likeness (QED) is 0.880. The number of aromatic nitrogens is 1. The van der Waals surface area contributed by atoms with Gasteiger partial charge in [-0.3, -0.25) is 0 Å². The van der Waals surface area contributed by atoms with E-state index < -0.39 is 0 Å². The molecule has 0 atom stereocenters. The van der Waals surface area contributed by atoms with Crippen molar-refractivity contribution < 1.29 is 4.74 Å². The number of aromatic amines is 1. The summed E-state index contributed by atoms with van der Waals surface area (Å²) in [6, 6.07) is 12.6. The van der Waals surface area contributed by atoms with Gasteiger partial charge in [0.05, 0.1) is 7.11 Å². The molecule has 0 bridgehead atoms. The predicted molar refractivity (Wildman–Crippen MR) is 94.0 cm³/mol. The van der Waals surface area contributed by atoms with Crippen LogP contribution in [0.15, 0.2) is 48.7 Å². The summed E-state index contributed by atoms with van der Waals surface area (Å²) in [5, 5.41) is 0. The van der Waals surface area contributed by atoms with Gasteiger partial charge in [0.25, 0.3) is 0 Å². The molecule has 1 aliphatic rings. The summed E-state index contributed by atoms with van der Waals surface area (Å²) >= 11 is 4.04. The third-order valence-electron chi connectivity index (χ3n) is 3.52. The lowest BCUT2D eigenvalue weighted by molar-refractivity contribution is 0.414. The molecule has 0 amide bonds. The number of rotatable bonds is 4. The van der Waals surface area contributed by atoms with Crippen LogP contribution in [0, 0.1) is 0 Å². The normalized spacial score (nSPS) is 18.0. The van der Waals surface area contributed by atoms with Crippen LogP contribution in [0.1, 0.15) is 17.7 Å². The van der Waals surface area contributed by atoms with Crippen LogP contribution in [-0.4, -0.2) is 23.6 Å². The highest BCUT2D eigenvalue weighted by molar-refractivity contribution is 8.18. The summed E-state index contributed by atoms with van der Waals surface area (Å²) in [7, 11) is 1.71. The molecule has 1 fully saturated rings. The average molecular weight is 317 g/mol. The van der Waals surface area contributed by atoms with Gasteiger partial charge in [-0.15, -0.1) is 23.5 Å². The topological polar surface area (TPSA) is 25.0 Å². The molecule has 4 heteroatoms. The molecule has 2 heterocycles. The van der Waals surface area contributed by atoms with Gasteiger partial charge in [0, 0.05) is 11.9 Å². The Bertz CT molecular complexity index is 584. The Morgan fingerprint density at radius 3 is 2.52 bits per heavy atom. The first-order chi connectivity index (χ1) is 10.3. The van der Waals surface area contributed by atoms with E-state index in [0.29, 0.717) is 0 Å². The molecular weight excluding hydrogens is 298 g/mol. The van der Waals surface area contributed by atoms with Crippen LogP contribution >= 0.6 is 23.5 Å². The van der Waals surface area contributed by atoms with Crippen molar-refractivity contribution in [3.8, 4) is 5.75 Å². The minimum Gasteiger partial charge on any atom is -0.497 e. The number of thioether (sulfide) groups is 2. The van der Waals surface area contributed by atoms with Gasteiger partial charge in [-0.2, -0.15) is 0 Å². The molecule has 110 valence electrons. The first-order valence-corrected chi connectivity index (χ1v) is 9.05. The first kappa shape index (κ1) is 14.7. The van der Waals surface area contributed by atoms with Crippen LogP contribution in [0.4, 0.5) is 0 Å². The zero-order valence-corrected chi connectivity index (χ0v) is 13.7. The number of benzene rings is 1. The molecule has 1 N–H and O–H groups in total. The lowest BCUT2D eigenvalue weighted by Crippen LogP contribution is -2.20. The Morgan fingerprint density at radius 2 is 1.90 bits per heavy atom. The maximum Gasteiger partial charge on any atom is 0.118 e. The third kappa shape index (κ3) is 3.33. The van der Waals surface area contributed by atoms with Crippen LogP contribution in [0.2, 0.25) is 0 Å². The SMILES string of the molecule is COc1ccc(C2(C=Cc3ccc[nH]3)SCCCS2)cc1. The highest BCUT2D eigenvalue weighted by Crippen LogP contribution is 2.51. The molecule has 0 aliphatic carbocycles. The molecule has 2 aromatic rings. The monoisotopic (exact) mass is 317 g/mol. The van der Waals surface area contributed by atoms with Gasteiger partial charge in [0.2, 0.25) is 0 Å². The van der Waals surface area contributed by atoms with Crippen LogP contribution in [0.25, 0.3) is 6.08 Å². The molecule has 1 aromatic carbocycles. The fourth-order valence-corrected chi connectivity index (χ4v) is 5.51. The summed E-state index contributed by atoms with van der Waals surface area (Å²) in [6.45, 7) is 0. The summed E-state index contributed by atoms with van der Waals surface area (Å²) in [5.74, 6) is 3.32. The Balaban J connectivity index is 1.91. The highest BCUT2D eigenvalue weighted by Gasteiger charge is 2.33. The molecule has 0 spiro atoms. The minimum absolute atomic E-state index is 0.00955. The standard InChI is InChI=1S/C17H19NOS2/c1-19-16-7-5-14(6-8-16)17(20-12-3-13-21-17)10-9-15-4-2-11-18-15/h2,4-11,18H,3,12-13H2,1H3. The van der Waals surface area contributed by atoms with Gasteiger partial charge >= 0.3 is 0 Å². The van der Waals surface area contributed by atoms with E-state index in [1.807, 2.05) is 35.8 Å². The lowest BCUT2D eigenvalue weighted by Gasteiger charge is -2.34. The van der Waals surface area contributed by atoms with E-state index in [9.17, 15) is 0 Å². The summed E-state index contributed by atoms with van der Waals surface area (Å²) in [6.07, 6.45) is 7.76. The van der Waals surface area contributed by atoms with Crippen molar-refractivity contribution in [3.05, 3.63) is 59.9 Å². The van der Waals surface area contributed by atoms with E-state index >= 15 is 0 Å². The molecule has 3 rings (SSSR count). The fourth-order valence-electron chi connectivity index (χ4n) is 2.38. The molecule has 2 nitrogen and oxygen atoms in total. The number of methoxy groups -OCH3 is 1. The van der Waals surface area contributed by atoms with Gasteiger partial charge in [-0.25, -0.2) is 0 Å². The van der Waals surface area contributed by atoms with Crippen LogP contribution in [0.5, 0.6) is 5.75 Å². The summed E-state index contributed by atoms with van der Waals surface area (Å²) in [5.41, 5.74) is 2.48. The molecule has 0 unspecified atom stereocenters. The van der Waals surface area contributed by atoms with E-state index in [2.05, 4.69) is 47.5 Å². The Morgan fingerprint density at radius 1 is 1.14 bits per heavy atom. The van der Waals surface area contributed by atoms with Gasteiger partial charge in [-0.1, -0.05) is 18.2 Å². The smallest absolute Gasteiger partial charge is 0.118 e. The summed E-state index contributed by atoms with van der Waals surface area (Å²) < 4.78 is 5.28. The third-order valence-corrected chi connectivity index (χ3v) is 6.81. The lowest BCUT2D eigenvalue weighted by atomic mass is 10.1. The zero-order chi connectivity index (χ0) is 14.5. The maximum atomic E-state index is 5.27. The van der Waals surface area contributed by atoms with Gasteiger partial charge in [0.1, 0.15) is 9.83 Å². The Hall–Kier alpha value is -1.26. The number of hydrogen-bond acceptors (Lipinski definition) is 3. The zero-order valence-electron chi connectivity index (χ0n) is 12.0. The van der Waals surface area contributed by atoms with Gasteiger partial charge in [-0.05, 0) is 53.8 Å². The first-order valence-electron chi connectivity index (χ1n) is 7.07. The number of H-pyrrole nitrogens is 1. The largest absolute Gasteiger partial charge is 0.497 e. The van der Waals surface area contributed by atoms with Crippen molar-refractivity contribution in [2.75, 3.05) is 18.6 Å². The number of nitrogens with one attached hydrogen (secondary N) is 1. The number of hydrogen-bond donors (Lipinski definition) is 1. The molecule has 1 aromatic heterocycles. The molecule has 0 saturated carbocycles. The Labute approximate surface area is 134 Å². The molecule has 21 heavy (non-hydrogen) atoms.